The number of piperidine rings is 1. The second-order valence-electron chi connectivity index (χ2n) is 9.26. The van der Waals surface area contributed by atoms with Crippen LogP contribution in [-0.2, 0) is 14.3 Å². The number of alkyl carbamates (subject to hydrolysis) is 1. The first-order valence-corrected chi connectivity index (χ1v) is 12.1. The minimum atomic E-state index is -0.836. The maximum Gasteiger partial charge on any atom is 0.407 e. The molecule has 1 heterocycles. The molecule has 1 fully saturated rings. The number of nitrogens with zero attached hydrogens (tertiary/aromatic N) is 1. The fraction of sp³-hybridized carbons (Fsp3) is 0.444. The fourth-order valence-electron chi connectivity index (χ4n) is 5.06. The first-order valence-electron chi connectivity index (χ1n) is 12.1. The Balaban J connectivity index is 1.20. The summed E-state index contributed by atoms with van der Waals surface area (Å²) in [6.07, 6.45) is 2.15. The van der Waals surface area contributed by atoms with E-state index in [0.717, 1.165) is 6.42 Å². The summed E-state index contributed by atoms with van der Waals surface area (Å²) in [7, 11) is 0. The lowest BCUT2D eigenvalue weighted by molar-refractivity contribution is -0.146. The minimum Gasteiger partial charge on any atom is -0.481 e. The molecule has 7 heteroatoms. The number of likely N-dealkylation sites (tertiary alicyclic amines) is 1. The average Bonchev–Trinajstić information content (AvgIpc) is 3.18. The lowest BCUT2D eigenvalue weighted by atomic mass is 9.96. The zero-order valence-electron chi connectivity index (χ0n) is 19.5. The van der Waals surface area contributed by atoms with Gasteiger partial charge in [-0.25, -0.2) is 4.79 Å². The van der Waals surface area contributed by atoms with Gasteiger partial charge in [0.15, 0.2) is 0 Å². The number of carboxylic acids is 1. The number of carboxylic acid groups (broad SMARTS) is 1. The topological polar surface area (TPSA) is 95.9 Å². The van der Waals surface area contributed by atoms with E-state index in [4.69, 9.17) is 4.74 Å². The number of hydrogen-bond acceptors (Lipinski definition) is 4. The SMILES string of the molecule is CC(CCCNC(=O)OCC1c2ccccc2-c2ccccc21)C(=O)N1CCC[C@H](C(=O)O)C1. The van der Waals surface area contributed by atoms with Gasteiger partial charge < -0.3 is 20.1 Å². The molecule has 4 rings (SSSR count). The number of carbonyl (C=O) groups excluding carboxylic acids is 2. The van der Waals surface area contributed by atoms with Gasteiger partial charge in [0.2, 0.25) is 5.91 Å². The van der Waals surface area contributed by atoms with E-state index >= 15 is 0 Å². The molecular weight excluding hydrogens is 432 g/mol. The summed E-state index contributed by atoms with van der Waals surface area (Å²) in [6.45, 7) is 3.46. The molecular formula is C27H32N2O5. The van der Waals surface area contributed by atoms with E-state index in [1.165, 1.54) is 22.3 Å². The molecule has 34 heavy (non-hydrogen) atoms. The number of carbonyl (C=O) groups is 3. The summed E-state index contributed by atoms with van der Waals surface area (Å²) in [6, 6.07) is 16.4. The lowest BCUT2D eigenvalue weighted by Gasteiger charge is -2.32. The third kappa shape index (κ3) is 5.24. The van der Waals surface area contributed by atoms with Crippen LogP contribution in [0.25, 0.3) is 11.1 Å². The second kappa shape index (κ2) is 10.7. The largest absolute Gasteiger partial charge is 0.481 e. The van der Waals surface area contributed by atoms with Crippen LogP contribution in [0.4, 0.5) is 4.79 Å². The van der Waals surface area contributed by atoms with Gasteiger partial charge in [-0.15, -0.1) is 0 Å². The van der Waals surface area contributed by atoms with Gasteiger partial charge in [-0.2, -0.15) is 0 Å². The molecule has 2 aromatic carbocycles. The van der Waals surface area contributed by atoms with Crippen LogP contribution < -0.4 is 5.32 Å². The van der Waals surface area contributed by atoms with Crippen molar-refractivity contribution in [2.45, 2.75) is 38.5 Å². The van der Waals surface area contributed by atoms with E-state index in [1.54, 1.807) is 4.90 Å². The van der Waals surface area contributed by atoms with Crippen LogP contribution in [0.3, 0.4) is 0 Å². The van der Waals surface area contributed by atoms with Crippen molar-refractivity contribution in [3.63, 3.8) is 0 Å². The van der Waals surface area contributed by atoms with Crippen molar-refractivity contribution in [2.75, 3.05) is 26.2 Å². The number of hydrogen-bond donors (Lipinski definition) is 2. The zero-order chi connectivity index (χ0) is 24.1. The quantitative estimate of drug-likeness (QED) is 0.569. The van der Waals surface area contributed by atoms with Crippen molar-refractivity contribution >= 4 is 18.0 Å². The number of aliphatic carboxylic acids is 1. The van der Waals surface area contributed by atoms with Gasteiger partial charge in [-0.05, 0) is 47.9 Å². The molecule has 1 unspecified atom stereocenters. The number of nitrogens with one attached hydrogen (secondary N) is 1. The Morgan fingerprint density at radius 1 is 1.09 bits per heavy atom. The number of rotatable bonds is 8. The van der Waals surface area contributed by atoms with Gasteiger partial charge in [0.25, 0.3) is 0 Å². The van der Waals surface area contributed by atoms with E-state index in [-0.39, 0.29) is 30.9 Å². The highest BCUT2D eigenvalue weighted by Gasteiger charge is 2.30. The Kier molecular flexibility index (Phi) is 7.50. The molecule has 180 valence electrons. The Morgan fingerprint density at radius 3 is 2.38 bits per heavy atom. The molecule has 1 aliphatic heterocycles. The van der Waals surface area contributed by atoms with Crippen molar-refractivity contribution < 1.29 is 24.2 Å². The van der Waals surface area contributed by atoms with E-state index in [9.17, 15) is 19.5 Å². The van der Waals surface area contributed by atoms with Crippen molar-refractivity contribution in [2.24, 2.45) is 11.8 Å². The summed E-state index contributed by atoms with van der Waals surface area (Å²) in [4.78, 5) is 37.9. The van der Waals surface area contributed by atoms with Crippen molar-refractivity contribution in [1.29, 1.82) is 0 Å². The highest BCUT2D eigenvalue weighted by atomic mass is 16.5. The van der Waals surface area contributed by atoms with Gasteiger partial charge in [-0.1, -0.05) is 55.5 Å². The molecule has 0 saturated carbocycles. The number of amides is 2. The zero-order valence-corrected chi connectivity index (χ0v) is 19.5. The standard InChI is InChI=1S/C27H32N2O5/c1-18(25(30)29-15-7-9-19(16-29)26(31)32)8-6-14-28-27(33)34-17-24-22-12-4-2-10-20(22)21-11-3-5-13-23(21)24/h2-5,10-13,18-19,24H,6-9,14-17H2,1H3,(H,28,33)(H,31,32)/t18?,19-/m0/s1. The molecule has 2 amide bonds. The number of ether oxygens (including phenoxy) is 1. The maximum atomic E-state index is 12.7. The van der Waals surface area contributed by atoms with E-state index in [0.29, 0.717) is 32.4 Å². The number of fused-ring (bicyclic) bond motifs is 3. The van der Waals surface area contributed by atoms with Crippen LogP contribution in [0.1, 0.15) is 49.7 Å². The van der Waals surface area contributed by atoms with Gasteiger partial charge in [0.1, 0.15) is 6.61 Å². The maximum absolute atomic E-state index is 12.7. The first-order chi connectivity index (χ1) is 16.5. The monoisotopic (exact) mass is 464 g/mol. The van der Waals surface area contributed by atoms with E-state index < -0.39 is 18.0 Å². The summed E-state index contributed by atoms with van der Waals surface area (Å²) in [5.74, 6) is -1.50. The summed E-state index contributed by atoms with van der Waals surface area (Å²) < 4.78 is 5.54. The molecule has 0 bridgehead atoms. The predicted molar refractivity (Wildman–Crippen MR) is 128 cm³/mol. The van der Waals surface area contributed by atoms with Crippen LogP contribution in [0.2, 0.25) is 0 Å². The van der Waals surface area contributed by atoms with Crippen LogP contribution in [0.5, 0.6) is 0 Å². The van der Waals surface area contributed by atoms with Crippen molar-refractivity contribution in [3.05, 3.63) is 59.7 Å². The lowest BCUT2D eigenvalue weighted by Crippen LogP contribution is -2.44. The molecule has 1 saturated heterocycles. The summed E-state index contributed by atoms with van der Waals surface area (Å²) in [5, 5.41) is 12.0. The molecule has 0 radical (unpaired) electrons. The first kappa shape index (κ1) is 23.8. The van der Waals surface area contributed by atoms with Crippen LogP contribution >= 0.6 is 0 Å². The Bertz CT molecular complexity index is 1010. The van der Waals surface area contributed by atoms with Gasteiger partial charge in [-0.3, -0.25) is 9.59 Å². The summed E-state index contributed by atoms with van der Waals surface area (Å²) >= 11 is 0. The normalized spacial score (nSPS) is 18.0. The highest BCUT2D eigenvalue weighted by molar-refractivity contribution is 5.80. The Hall–Kier alpha value is -3.35. The molecule has 0 aromatic heterocycles. The minimum absolute atomic E-state index is 0.00732. The third-order valence-corrected chi connectivity index (χ3v) is 6.93. The van der Waals surface area contributed by atoms with Crippen LogP contribution in [0, 0.1) is 11.8 Å². The molecule has 2 atom stereocenters. The smallest absolute Gasteiger partial charge is 0.407 e. The number of benzene rings is 2. The van der Waals surface area contributed by atoms with E-state index in [1.807, 2.05) is 31.2 Å². The van der Waals surface area contributed by atoms with Gasteiger partial charge in [0.05, 0.1) is 5.92 Å². The molecule has 1 aliphatic carbocycles. The molecule has 7 nitrogen and oxygen atoms in total. The third-order valence-electron chi connectivity index (χ3n) is 6.93. The van der Waals surface area contributed by atoms with Crippen LogP contribution in [-0.4, -0.2) is 54.2 Å². The predicted octanol–water partition coefficient (Wildman–Crippen LogP) is 4.26. The molecule has 2 aromatic rings. The van der Waals surface area contributed by atoms with Gasteiger partial charge in [0, 0.05) is 31.5 Å². The average molecular weight is 465 g/mol. The van der Waals surface area contributed by atoms with E-state index in [2.05, 4.69) is 29.6 Å². The van der Waals surface area contributed by atoms with Crippen molar-refractivity contribution in [1.82, 2.24) is 10.2 Å². The van der Waals surface area contributed by atoms with Crippen molar-refractivity contribution in [3.8, 4) is 11.1 Å². The molecule has 0 spiro atoms. The fourth-order valence-corrected chi connectivity index (χ4v) is 5.06. The molecule has 2 aliphatic rings. The van der Waals surface area contributed by atoms with Crippen LogP contribution in [0.15, 0.2) is 48.5 Å². The summed E-state index contributed by atoms with van der Waals surface area (Å²) in [5.41, 5.74) is 4.72. The highest BCUT2D eigenvalue weighted by Crippen LogP contribution is 2.44. The Labute approximate surface area is 200 Å². The Morgan fingerprint density at radius 2 is 1.74 bits per heavy atom. The van der Waals surface area contributed by atoms with Gasteiger partial charge >= 0.3 is 12.1 Å². The second-order valence-corrected chi connectivity index (χ2v) is 9.26. The molecule has 2 N–H and O–H groups in total.